The summed E-state index contributed by atoms with van der Waals surface area (Å²) in [7, 11) is 1.85. The molecular formula is C21H34N3O4+. The van der Waals surface area contributed by atoms with Crippen LogP contribution in [0.3, 0.4) is 0 Å². The summed E-state index contributed by atoms with van der Waals surface area (Å²) in [6, 6.07) is 8.05. The maximum absolute atomic E-state index is 12.2. The summed E-state index contributed by atoms with van der Waals surface area (Å²) in [5.41, 5.74) is 1.37. The molecule has 1 aliphatic rings. The normalized spacial score (nSPS) is 15.8. The largest absolute Gasteiger partial charge is 0.492 e. The number of amides is 2. The molecule has 2 amide bonds. The first-order chi connectivity index (χ1) is 13.3. The van der Waals surface area contributed by atoms with Gasteiger partial charge in [-0.15, -0.1) is 0 Å². The number of hydrogen-bond acceptors (Lipinski definition) is 4. The lowest BCUT2D eigenvalue weighted by molar-refractivity contribution is -0.863. The molecule has 7 nitrogen and oxygen atoms in total. The van der Waals surface area contributed by atoms with Gasteiger partial charge in [0.2, 0.25) is 0 Å². The highest BCUT2D eigenvalue weighted by molar-refractivity contribution is 5.79. The van der Waals surface area contributed by atoms with Crippen LogP contribution in [-0.2, 0) is 19.7 Å². The summed E-state index contributed by atoms with van der Waals surface area (Å²) in [6.07, 6.45) is 0. The summed E-state index contributed by atoms with van der Waals surface area (Å²) in [6.45, 7) is 10.4. The number of nitrogens with zero attached hydrogens (tertiary/aromatic N) is 1. The van der Waals surface area contributed by atoms with Gasteiger partial charge in [-0.1, -0.05) is 32.9 Å². The van der Waals surface area contributed by atoms with Crippen molar-refractivity contribution in [3.63, 3.8) is 0 Å². The zero-order chi connectivity index (χ0) is 20.6. The van der Waals surface area contributed by atoms with Gasteiger partial charge in [0.1, 0.15) is 12.4 Å². The molecule has 1 heterocycles. The topological polar surface area (TPSA) is 72.3 Å². The number of benzene rings is 1. The predicted octanol–water partition coefficient (Wildman–Crippen LogP) is -0.147. The maximum Gasteiger partial charge on any atom is 0.277 e. The highest BCUT2D eigenvalue weighted by atomic mass is 16.5. The lowest BCUT2D eigenvalue weighted by Gasteiger charge is -2.27. The zero-order valence-electron chi connectivity index (χ0n) is 17.5. The fraction of sp³-hybridized carbons (Fsp3) is 0.619. The third-order valence-electron chi connectivity index (χ3n) is 4.69. The monoisotopic (exact) mass is 392 g/mol. The lowest BCUT2D eigenvalue weighted by Crippen LogP contribution is -3.11. The van der Waals surface area contributed by atoms with Gasteiger partial charge < -0.3 is 24.6 Å². The molecule has 2 rings (SSSR count). The Morgan fingerprint density at radius 2 is 1.79 bits per heavy atom. The van der Waals surface area contributed by atoms with E-state index in [4.69, 9.17) is 9.47 Å². The van der Waals surface area contributed by atoms with Crippen LogP contribution in [-0.4, -0.2) is 76.3 Å². The molecule has 0 bridgehead atoms. The second-order valence-electron chi connectivity index (χ2n) is 8.28. The first-order valence-electron chi connectivity index (χ1n) is 9.92. The molecule has 7 heteroatoms. The number of morpholine rings is 1. The van der Waals surface area contributed by atoms with Crippen LogP contribution in [0.15, 0.2) is 24.3 Å². The number of likely N-dealkylation sites (N-methyl/N-ethyl adjacent to an activating group) is 1. The minimum Gasteiger partial charge on any atom is -0.492 e. The van der Waals surface area contributed by atoms with Gasteiger partial charge in [-0.2, -0.15) is 0 Å². The van der Waals surface area contributed by atoms with Crippen molar-refractivity contribution >= 4 is 11.8 Å². The van der Waals surface area contributed by atoms with Crippen molar-refractivity contribution in [2.75, 3.05) is 59.6 Å². The van der Waals surface area contributed by atoms with Gasteiger partial charge in [0.05, 0.1) is 26.8 Å². The number of carbonyl (C=O) groups excluding carboxylic acids is 2. The van der Waals surface area contributed by atoms with E-state index in [1.54, 1.807) is 4.90 Å². The van der Waals surface area contributed by atoms with Gasteiger partial charge in [-0.05, 0) is 23.1 Å². The third kappa shape index (κ3) is 7.48. The Balaban J connectivity index is 1.62. The number of carbonyl (C=O) groups is 2. The van der Waals surface area contributed by atoms with Crippen molar-refractivity contribution < 1.29 is 24.0 Å². The first-order valence-corrected chi connectivity index (χ1v) is 9.92. The van der Waals surface area contributed by atoms with Crippen LogP contribution in [0.2, 0.25) is 0 Å². The molecule has 0 aliphatic carbocycles. The van der Waals surface area contributed by atoms with Crippen molar-refractivity contribution in [1.29, 1.82) is 0 Å². The Hall–Kier alpha value is -2.12. The van der Waals surface area contributed by atoms with Crippen molar-refractivity contribution in [3.8, 4) is 5.75 Å². The molecule has 1 saturated heterocycles. The summed E-state index contributed by atoms with van der Waals surface area (Å²) in [5.74, 6) is 0.774. The first kappa shape index (κ1) is 22.2. The Morgan fingerprint density at radius 1 is 1.14 bits per heavy atom. The predicted molar refractivity (Wildman–Crippen MR) is 108 cm³/mol. The van der Waals surface area contributed by atoms with E-state index in [2.05, 4.69) is 38.2 Å². The third-order valence-corrected chi connectivity index (χ3v) is 4.69. The van der Waals surface area contributed by atoms with Crippen molar-refractivity contribution in [3.05, 3.63) is 29.8 Å². The molecule has 1 aromatic carbocycles. The van der Waals surface area contributed by atoms with E-state index >= 15 is 0 Å². The average Bonchev–Trinajstić information content (AvgIpc) is 2.65. The van der Waals surface area contributed by atoms with Crippen LogP contribution < -0.4 is 15.0 Å². The quantitative estimate of drug-likeness (QED) is 0.604. The van der Waals surface area contributed by atoms with Gasteiger partial charge in [-0.25, -0.2) is 0 Å². The van der Waals surface area contributed by atoms with E-state index in [0.29, 0.717) is 46.0 Å². The Morgan fingerprint density at radius 3 is 2.39 bits per heavy atom. The van der Waals surface area contributed by atoms with E-state index < -0.39 is 0 Å². The van der Waals surface area contributed by atoms with E-state index in [-0.39, 0.29) is 23.8 Å². The molecule has 1 aliphatic heterocycles. The van der Waals surface area contributed by atoms with Crippen molar-refractivity contribution in [1.82, 2.24) is 10.2 Å². The van der Waals surface area contributed by atoms with Gasteiger partial charge in [0.15, 0.2) is 13.1 Å². The van der Waals surface area contributed by atoms with Crippen LogP contribution in [0.1, 0.15) is 26.3 Å². The van der Waals surface area contributed by atoms with E-state index in [1.165, 1.54) is 5.56 Å². The van der Waals surface area contributed by atoms with Crippen LogP contribution in [0, 0.1) is 0 Å². The minimum absolute atomic E-state index is 0.0654. The second-order valence-corrected chi connectivity index (χ2v) is 8.28. The van der Waals surface area contributed by atoms with Crippen molar-refractivity contribution in [2.45, 2.75) is 26.2 Å². The average molecular weight is 393 g/mol. The fourth-order valence-electron chi connectivity index (χ4n) is 2.99. The molecule has 0 saturated carbocycles. The standard InChI is InChI=1S/C21H33N3O4/c1-21(2,3)17-5-7-18(8-6-17)28-12-9-22-19(25)15-23(4)16-20(26)24-10-13-27-14-11-24/h5-8H,9-16H2,1-4H3,(H,22,25)/p+1. The van der Waals surface area contributed by atoms with Crippen LogP contribution in [0.4, 0.5) is 0 Å². The van der Waals surface area contributed by atoms with Crippen LogP contribution >= 0.6 is 0 Å². The molecule has 1 unspecified atom stereocenters. The highest BCUT2D eigenvalue weighted by Crippen LogP contribution is 2.24. The fourth-order valence-corrected chi connectivity index (χ4v) is 2.99. The molecule has 2 N–H and O–H groups in total. The minimum atomic E-state index is -0.0843. The van der Waals surface area contributed by atoms with Gasteiger partial charge in [-0.3, -0.25) is 9.59 Å². The second kappa shape index (κ2) is 10.4. The molecule has 0 radical (unpaired) electrons. The Bertz CT molecular complexity index is 634. The molecule has 156 valence electrons. The molecule has 1 fully saturated rings. The van der Waals surface area contributed by atoms with Gasteiger partial charge in [0, 0.05) is 13.1 Å². The van der Waals surface area contributed by atoms with Crippen molar-refractivity contribution in [2.24, 2.45) is 0 Å². The Kier molecular flexibility index (Phi) is 8.26. The summed E-state index contributed by atoms with van der Waals surface area (Å²) >= 11 is 0. The Labute approximate surface area is 168 Å². The number of quaternary nitrogens is 1. The van der Waals surface area contributed by atoms with Crippen LogP contribution in [0.25, 0.3) is 0 Å². The molecular weight excluding hydrogens is 358 g/mol. The number of hydrogen-bond donors (Lipinski definition) is 2. The van der Waals surface area contributed by atoms with E-state index in [0.717, 1.165) is 10.6 Å². The lowest BCUT2D eigenvalue weighted by atomic mass is 9.87. The summed E-state index contributed by atoms with van der Waals surface area (Å²) < 4.78 is 10.9. The molecule has 0 aromatic heterocycles. The number of nitrogens with one attached hydrogen (secondary N) is 2. The maximum atomic E-state index is 12.2. The SMILES string of the molecule is C[NH+](CC(=O)NCCOc1ccc(C(C)(C)C)cc1)CC(=O)N1CCOCC1. The highest BCUT2D eigenvalue weighted by Gasteiger charge is 2.21. The van der Waals surface area contributed by atoms with E-state index in [9.17, 15) is 9.59 Å². The molecule has 1 aromatic rings. The van der Waals surface area contributed by atoms with Gasteiger partial charge in [0.25, 0.3) is 11.8 Å². The summed E-state index contributed by atoms with van der Waals surface area (Å²) in [4.78, 5) is 26.9. The van der Waals surface area contributed by atoms with Crippen LogP contribution in [0.5, 0.6) is 5.75 Å². The number of rotatable bonds is 8. The smallest absolute Gasteiger partial charge is 0.277 e. The zero-order valence-corrected chi connectivity index (χ0v) is 17.5. The molecule has 28 heavy (non-hydrogen) atoms. The van der Waals surface area contributed by atoms with Gasteiger partial charge >= 0.3 is 0 Å². The number of ether oxygens (including phenoxy) is 2. The summed E-state index contributed by atoms with van der Waals surface area (Å²) in [5, 5.41) is 2.84. The molecule has 1 atom stereocenters. The van der Waals surface area contributed by atoms with E-state index in [1.807, 2.05) is 19.2 Å². The molecule has 0 spiro atoms.